The molecular weight excluding hydrogens is 302 g/mol. The van der Waals surface area contributed by atoms with Crippen molar-refractivity contribution in [3.63, 3.8) is 0 Å². The van der Waals surface area contributed by atoms with Gasteiger partial charge in [0.2, 0.25) is 5.13 Å². The maximum absolute atomic E-state index is 11.6. The van der Waals surface area contributed by atoms with Gasteiger partial charge in [-0.3, -0.25) is 5.43 Å². The third-order valence-electron chi connectivity index (χ3n) is 2.89. The van der Waals surface area contributed by atoms with E-state index in [1.165, 1.54) is 18.4 Å². The van der Waals surface area contributed by atoms with Crippen LogP contribution >= 0.6 is 11.3 Å². The first kappa shape index (κ1) is 16.0. The molecule has 2 aromatic rings. The summed E-state index contributed by atoms with van der Waals surface area (Å²) in [6.07, 6.45) is 2.33. The highest BCUT2D eigenvalue weighted by Gasteiger charge is 2.17. The molecule has 0 unspecified atom stereocenters. The lowest BCUT2D eigenvalue weighted by Gasteiger charge is -1.98. The number of carbonyl (C=O) groups excluding carboxylic acids is 1. The minimum Gasteiger partial charge on any atom is -0.497 e. The summed E-state index contributed by atoms with van der Waals surface area (Å²) in [6, 6.07) is 7.50. The molecule has 0 radical (unpaired) electrons. The number of hydrogen-bond acceptors (Lipinski definition) is 7. The second kappa shape index (κ2) is 7.56. The molecule has 6 nitrogen and oxygen atoms in total. The fourth-order valence-corrected chi connectivity index (χ4v) is 2.67. The zero-order valence-corrected chi connectivity index (χ0v) is 13.4. The van der Waals surface area contributed by atoms with Crippen molar-refractivity contribution in [2.45, 2.75) is 13.3 Å². The van der Waals surface area contributed by atoms with Crippen molar-refractivity contribution in [2.75, 3.05) is 19.6 Å². The Bertz CT molecular complexity index is 665. The van der Waals surface area contributed by atoms with Crippen LogP contribution in [0, 0.1) is 0 Å². The Morgan fingerprint density at radius 3 is 2.68 bits per heavy atom. The number of benzene rings is 1. The normalized spacial score (nSPS) is 10.7. The minimum atomic E-state index is -0.374. The Labute approximate surface area is 132 Å². The van der Waals surface area contributed by atoms with Crippen molar-refractivity contribution < 1.29 is 14.3 Å². The van der Waals surface area contributed by atoms with Crippen LogP contribution in [-0.4, -0.2) is 31.4 Å². The number of thiazole rings is 1. The van der Waals surface area contributed by atoms with Gasteiger partial charge in [0.25, 0.3) is 0 Å². The van der Waals surface area contributed by atoms with Crippen LogP contribution < -0.4 is 10.2 Å². The Balaban J connectivity index is 2.05. The number of anilines is 1. The Morgan fingerprint density at radius 1 is 1.36 bits per heavy atom. The van der Waals surface area contributed by atoms with Crippen molar-refractivity contribution in [1.29, 1.82) is 0 Å². The topological polar surface area (TPSA) is 72.8 Å². The number of nitrogens with zero attached hydrogens (tertiary/aromatic N) is 2. The molecule has 2 rings (SSSR count). The van der Waals surface area contributed by atoms with Gasteiger partial charge in [0, 0.05) is 0 Å². The van der Waals surface area contributed by atoms with Crippen LogP contribution in [0.5, 0.6) is 5.75 Å². The number of aryl methyl sites for hydroxylation is 1. The van der Waals surface area contributed by atoms with Gasteiger partial charge in [-0.15, -0.1) is 0 Å². The van der Waals surface area contributed by atoms with E-state index in [0.29, 0.717) is 22.1 Å². The number of carbonyl (C=O) groups is 1. The molecule has 22 heavy (non-hydrogen) atoms. The van der Waals surface area contributed by atoms with Gasteiger partial charge in [-0.1, -0.05) is 18.3 Å². The van der Waals surface area contributed by atoms with E-state index in [0.717, 1.165) is 11.3 Å². The van der Waals surface area contributed by atoms with Crippen LogP contribution in [0.2, 0.25) is 0 Å². The number of nitrogens with one attached hydrogen (secondary N) is 1. The summed E-state index contributed by atoms with van der Waals surface area (Å²) in [5.74, 6) is 0.418. The van der Waals surface area contributed by atoms with Gasteiger partial charge in [0.05, 0.1) is 26.1 Å². The number of ether oxygens (including phenoxy) is 2. The molecule has 116 valence electrons. The molecule has 0 fully saturated rings. The van der Waals surface area contributed by atoms with E-state index in [1.54, 1.807) is 13.3 Å². The molecule has 1 aromatic carbocycles. The number of aromatic nitrogens is 1. The van der Waals surface area contributed by atoms with Crippen LogP contribution in [0.4, 0.5) is 5.13 Å². The summed E-state index contributed by atoms with van der Waals surface area (Å²) in [4.78, 5) is 16.5. The first-order chi connectivity index (χ1) is 10.7. The zero-order valence-electron chi connectivity index (χ0n) is 12.6. The Kier molecular flexibility index (Phi) is 5.48. The van der Waals surface area contributed by atoms with Gasteiger partial charge in [0.1, 0.15) is 10.6 Å². The highest BCUT2D eigenvalue weighted by molar-refractivity contribution is 7.17. The third kappa shape index (κ3) is 3.82. The molecule has 1 N–H and O–H groups in total. The van der Waals surface area contributed by atoms with Crippen LogP contribution in [0.25, 0.3) is 0 Å². The Morgan fingerprint density at radius 2 is 2.09 bits per heavy atom. The molecule has 0 atom stereocenters. The van der Waals surface area contributed by atoms with Gasteiger partial charge in [0.15, 0.2) is 0 Å². The van der Waals surface area contributed by atoms with Crippen LogP contribution in [0.15, 0.2) is 29.4 Å². The highest BCUT2D eigenvalue weighted by atomic mass is 32.1. The van der Waals surface area contributed by atoms with E-state index in [2.05, 4.69) is 15.5 Å². The summed E-state index contributed by atoms with van der Waals surface area (Å²) in [6.45, 7) is 1.94. The Hall–Kier alpha value is -2.41. The molecule has 0 saturated heterocycles. The fourth-order valence-electron chi connectivity index (χ4n) is 1.74. The van der Waals surface area contributed by atoms with E-state index in [9.17, 15) is 4.79 Å². The number of rotatable bonds is 6. The standard InChI is InChI=1S/C15H17N3O3S/c1-4-12-13(14(19)21-3)22-15(17-12)18-16-9-10-5-7-11(20-2)8-6-10/h5-9H,4H2,1-3H3,(H,17,18)/b16-9-. The van der Waals surface area contributed by atoms with E-state index in [4.69, 9.17) is 9.47 Å². The van der Waals surface area contributed by atoms with Crippen molar-refractivity contribution >= 4 is 28.7 Å². The van der Waals surface area contributed by atoms with Crippen molar-refractivity contribution in [1.82, 2.24) is 4.98 Å². The van der Waals surface area contributed by atoms with Crippen LogP contribution in [0.1, 0.15) is 27.9 Å². The first-order valence-corrected chi connectivity index (χ1v) is 7.50. The van der Waals surface area contributed by atoms with Gasteiger partial charge < -0.3 is 9.47 Å². The average molecular weight is 319 g/mol. The molecule has 0 aliphatic carbocycles. The molecule has 0 saturated carbocycles. The number of hydrazone groups is 1. The van der Waals surface area contributed by atoms with E-state index >= 15 is 0 Å². The summed E-state index contributed by atoms with van der Waals surface area (Å²) in [5, 5.41) is 4.68. The monoisotopic (exact) mass is 319 g/mol. The summed E-state index contributed by atoms with van der Waals surface area (Å²) < 4.78 is 9.83. The first-order valence-electron chi connectivity index (χ1n) is 6.69. The van der Waals surface area contributed by atoms with Gasteiger partial charge in [-0.05, 0) is 36.2 Å². The predicted octanol–water partition coefficient (Wildman–Crippen LogP) is 2.95. The van der Waals surface area contributed by atoms with Crippen molar-refractivity contribution in [3.05, 3.63) is 40.4 Å². The predicted molar refractivity (Wildman–Crippen MR) is 87.0 cm³/mol. The summed E-state index contributed by atoms with van der Waals surface area (Å²) in [5.41, 5.74) is 4.47. The second-order valence-electron chi connectivity index (χ2n) is 4.28. The summed E-state index contributed by atoms with van der Waals surface area (Å²) in [7, 11) is 2.98. The molecule has 0 bridgehead atoms. The lowest BCUT2D eigenvalue weighted by atomic mass is 10.2. The quantitative estimate of drug-likeness (QED) is 0.503. The van der Waals surface area contributed by atoms with E-state index in [1.807, 2.05) is 31.2 Å². The summed E-state index contributed by atoms with van der Waals surface area (Å²) >= 11 is 1.23. The number of methoxy groups -OCH3 is 2. The largest absolute Gasteiger partial charge is 0.497 e. The van der Waals surface area contributed by atoms with Gasteiger partial charge in [-0.2, -0.15) is 5.10 Å². The molecule has 0 amide bonds. The zero-order chi connectivity index (χ0) is 15.9. The fraction of sp³-hybridized carbons (Fsp3) is 0.267. The average Bonchev–Trinajstić information content (AvgIpc) is 2.98. The second-order valence-corrected chi connectivity index (χ2v) is 5.28. The molecule has 1 heterocycles. The molecule has 0 aliphatic rings. The third-order valence-corrected chi connectivity index (χ3v) is 3.87. The molecule has 7 heteroatoms. The SMILES string of the molecule is CCc1nc(N/N=C\c2ccc(OC)cc2)sc1C(=O)OC. The number of hydrogen-bond donors (Lipinski definition) is 1. The van der Waals surface area contributed by atoms with E-state index < -0.39 is 0 Å². The lowest BCUT2D eigenvalue weighted by molar-refractivity contribution is 0.0605. The highest BCUT2D eigenvalue weighted by Crippen LogP contribution is 2.24. The van der Waals surface area contributed by atoms with Crippen LogP contribution in [0.3, 0.4) is 0 Å². The van der Waals surface area contributed by atoms with Crippen molar-refractivity contribution in [2.24, 2.45) is 5.10 Å². The minimum absolute atomic E-state index is 0.374. The molecule has 1 aromatic heterocycles. The maximum Gasteiger partial charge on any atom is 0.350 e. The van der Waals surface area contributed by atoms with Crippen molar-refractivity contribution in [3.8, 4) is 5.75 Å². The van der Waals surface area contributed by atoms with E-state index in [-0.39, 0.29) is 5.97 Å². The maximum atomic E-state index is 11.6. The van der Waals surface area contributed by atoms with Crippen LogP contribution in [-0.2, 0) is 11.2 Å². The molecule has 0 spiro atoms. The lowest BCUT2D eigenvalue weighted by Crippen LogP contribution is -2.01. The molecule has 0 aliphatic heterocycles. The smallest absolute Gasteiger partial charge is 0.350 e. The number of esters is 1. The van der Waals surface area contributed by atoms with Gasteiger partial charge >= 0.3 is 5.97 Å². The molecular formula is C15H17N3O3S. The van der Waals surface area contributed by atoms with Gasteiger partial charge in [-0.25, -0.2) is 9.78 Å².